The molecule has 0 spiro atoms. The fourth-order valence-corrected chi connectivity index (χ4v) is 2.22. The summed E-state index contributed by atoms with van der Waals surface area (Å²) in [7, 11) is 0. The Kier molecular flexibility index (Phi) is 3.06. The predicted molar refractivity (Wildman–Crippen MR) is 71.8 cm³/mol. The van der Waals surface area contributed by atoms with Crippen molar-refractivity contribution in [3.63, 3.8) is 0 Å². The molecule has 0 atom stereocenters. The van der Waals surface area contributed by atoms with Crippen LogP contribution in [0.3, 0.4) is 0 Å². The molecule has 2 heterocycles. The van der Waals surface area contributed by atoms with E-state index >= 15 is 0 Å². The minimum Gasteiger partial charge on any atom is -0.454 e. The van der Waals surface area contributed by atoms with Crippen molar-refractivity contribution in [3.8, 4) is 11.5 Å². The maximum Gasteiger partial charge on any atom is 0.231 e. The standard InChI is InChI=1S/C13H11BrN2O2/c14-11-5-13-12(17-8-18-13)4-9(11)6-16-10-2-1-3-15-7-10/h1-5,7,16H,6,8H2. The molecule has 1 aromatic carbocycles. The number of ether oxygens (including phenoxy) is 2. The molecular formula is C13H11BrN2O2. The SMILES string of the molecule is Brc1cc2c(cc1CNc1cccnc1)OCO2. The van der Waals surface area contributed by atoms with Crippen LogP contribution >= 0.6 is 15.9 Å². The van der Waals surface area contributed by atoms with E-state index in [4.69, 9.17) is 9.47 Å². The van der Waals surface area contributed by atoms with Gasteiger partial charge in [-0.25, -0.2) is 0 Å². The molecule has 0 saturated heterocycles. The highest BCUT2D eigenvalue weighted by Gasteiger charge is 2.15. The molecule has 1 N–H and O–H groups in total. The van der Waals surface area contributed by atoms with Gasteiger partial charge in [0.2, 0.25) is 6.79 Å². The van der Waals surface area contributed by atoms with Crippen molar-refractivity contribution < 1.29 is 9.47 Å². The topological polar surface area (TPSA) is 43.4 Å². The van der Waals surface area contributed by atoms with Gasteiger partial charge in [-0.15, -0.1) is 0 Å². The van der Waals surface area contributed by atoms with Crippen molar-refractivity contribution >= 4 is 21.6 Å². The van der Waals surface area contributed by atoms with E-state index in [-0.39, 0.29) is 0 Å². The maximum atomic E-state index is 5.36. The molecule has 0 amide bonds. The van der Waals surface area contributed by atoms with Crippen LogP contribution < -0.4 is 14.8 Å². The molecule has 0 unspecified atom stereocenters. The Morgan fingerprint density at radius 3 is 2.89 bits per heavy atom. The van der Waals surface area contributed by atoms with E-state index < -0.39 is 0 Å². The smallest absolute Gasteiger partial charge is 0.231 e. The predicted octanol–water partition coefficient (Wildman–Crippen LogP) is 3.18. The molecule has 0 bridgehead atoms. The van der Waals surface area contributed by atoms with Crippen LogP contribution in [0.25, 0.3) is 0 Å². The molecule has 2 aromatic rings. The summed E-state index contributed by atoms with van der Waals surface area (Å²) < 4.78 is 11.7. The van der Waals surface area contributed by atoms with Gasteiger partial charge in [-0.05, 0) is 29.8 Å². The van der Waals surface area contributed by atoms with Crippen LogP contribution in [0.4, 0.5) is 5.69 Å². The van der Waals surface area contributed by atoms with Crippen molar-refractivity contribution in [3.05, 3.63) is 46.7 Å². The molecule has 0 fully saturated rings. The zero-order valence-corrected chi connectivity index (χ0v) is 11.1. The third-order valence-electron chi connectivity index (χ3n) is 2.69. The van der Waals surface area contributed by atoms with Gasteiger partial charge in [0, 0.05) is 23.4 Å². The summed E-state index contributed by atoms with van der Waals surface area (Å²) in [4.78, 5) is 4.06. The van der Waals surface area contributed by atoms with E-state index in [1.807, 2.05) is 24.3 Å². The lowest BCUT2D eigenvalue weighted by atomic mass is 10.2. The second-order valence-corrected chi connectivity index (χ2v) is 4.75. The number of pyridine rings is 1. The summed E-state index contributed by atoms with van der Waals surface area (Å²) in [6.07, 6.45) is 3.54. The molecule has 4 nitrogen and oxygen atoms in total. The van der Waals surface area contributed by atoms with Crippen LogP contribution in [0.1, 0.15) is 5.56 Å². The summed E-state index contributed by atoms with van der Waals surface area (Å²) in [6.45, 7) is 0.990. The number of nitrogens with zero attached hydrogens (tertiary/aromatic N) is 1. The van der Waals surface area contributed by atoms with Crippen molar-refractivity contribution in [2.75, 3.05) is 12.1 Å². The molecule has 18 heavy (non-hydrogen) atoms. The van der Waals surface area contributed by atoms with Crippen LogP contribution in [-0.2, 0) is 6.54 Å². The van der Waals surface area contributed by atoms with Gasteiger partial charge < -0.3 is 14.8 Å². The maximum absolute atomic E-state index is 5.36. The number of hydrogen-bond acceptors (Lipinski definition) is 4. The molecule has 0 saturated carbocycles. The average Bonchev–Trinajstić information content (AvgIpc) is 2.84. The Morgan fingerprint density at radius 2 is 2.11 bits per heavy atom. The minimum atomic E-state index is 0.293. The van der Waals surface area contributed by atoms with Crippen molar-refractivity contribution in [2.45, 2.75) is 6.54 Å². The Bertz CT molecular complexity index is 560. The van der Waals surface area contributed by atoms with Gasteiger partial charge in [-0.2, -0.15) is 0 Å². The number of halogens is 1. The molecule has 1 aromatic heterocycles. The van der Waals surface area contributed by atoms with Crippen LogP contribution in [-0.4, -0.2) is 11.8 Å². The van der Waals surface area contributed by atoms with Crippen LogP contribution in [0.2, 0.25) is 0 Å². The second-order valence-electron chi connectivity index (χ2n) is 3.89. The molecule has 0 radical (unpaired) electrons. The highest BCUT2D eigenvalue weighted by atomic mass is 79.9. The monoisotopic (exact) mass is 306 g/mol. The molecule has 0 aliphatic carbocycles. The number of nitrogens with one attached hydrogen (secondary N) is 1. The highest BCUT2D eigenvalue weighted by molar-refractivity contribution is 9.10. The summed E-state index contributed by atoms with van der Waals surface area (Å²) in [6, 6.07) is 7.79. The normalized spacial score (nSPS) is 12.5. The number of aromatic nitrogens is 1. The fourth-order valence-electron chi connectivity index (χ4n) is 1.76. The highest BCUT2D eigenvalue weighted by Crippen LogP contribution is 2.37. The van der Waals surface area contributed by atoms with E-state index in [2.05, 4.69) is 26.2 Å². The lowest BCUT2D eigenvalue weighted by molar-refractivity contribution is 0.174. The fraction of sp³-hybridized carbons (Fsp3) is 0.154. The number of hydrogen-bond donors (Lipinski definition) is 1. The Balaban J connectivity index is 1.77. The zero-order chi connectivity index (χ0) is 12.4. The Morgan fingerprint density at radius 1 is 1.28 bits per heavy atom. The lowest BCUT2D eigenvalue weighted by Gasteiger charge is -2.08. The number of fused-ring (bicyclic) bond motifs is 1. The van der Waals surface area contributed by atoms with E-state index in [0.717, 1.165) is 27.2 Å². The van der Waals surface area contributed by atoms with Gasteiger partial charge >= 0.3 is 0 Å². The molecule has 5 heteroatoms. The van der Waals surface area contributed by atoms with E-state index in [0.29, 0.717) is 13.3 Å². The van der Waals surface area contributed by atoms with Gasteiger partial charge in [0.1, 0.15) is 0 Å². The van der Waals surface area contributed by atoms with Crippen molar-refractivity contribution in [1.29, 1.82) is 0 Å². The van der Waals surface area contributed by atoms with Crippen LogP contribution in [0.5, 0.6) is 11.5 Å². The summed E-state index contributed by atoms with van der Waals surface area (Å²) in [5.41, 5.74) is 2.10. The number of anilines is 1. The van der Waals surface area contributed by atoms with Gasteiger partial charge in [0.05, 0.1) is 5.69 Å². The largest absolute Gasteiger partial charge is 0.454 e. The van der Waals surface area contributed by atoms with Gasteiger partial charge in [0.15, 0.2) is 11.5 Å². The first kappa shape index (κ1) is 11.3. The number of rotatable bonds is 3. The van der Waals surface area contributed by atoms with Gasteiger partial charge in [-0.3, -0.25) is 4.98 Å². The average molecular weight is 307 g/mol. The van der Waals surface area contributed by atoms with Gasteiger partial charge in [0.25, 0.3) is 0 Å². The summed E-state index contributed by atoms with van der Waals surface area (Å²) >= 11 is 3.53. The molecule has 92 valence electrons. The number of benzene rings is 1. The Hall–Kier alpha value is -1.75. The van der Waals surface area contributed by atoms with E-state index in [9.17, 15) is 0 Å². The van der Waals surface area contributed by atoms with E-state index in [1.54, 1.807) is 12.4 Å². The van der Waals surface area contributed by atoms with Crippen molar-refractivity contribution in [1.82, 2.24) is 4.98 Å². The Labute approximate surface area is 113 Å². The first-order valence-electron chi connectivity index (χ1n) is 5.55. The first-order valence-corrected chi connectivity index (χ1v) is 6.34. The summed E-state index contributed by atoms with van der Waals surface area (Å²) in [5.74, 6) is 1.58. The zero-order valence-electron chi connectivity index (χ0n) is 9.52. The summed E-state index contributed by atoms with van der Waals surface area (Å²) in [5, 5.41) is 3.30. The van der Waals surface area contributed by atoms with E-state index in [1.165, 1.54) is 0 Å². The third kappa shape index (κ3) is 2.26. The quantitative estimate of drug-likeness (QED) is 0.946. The van der Waals surface area contributed by atoms with Gasteiger partial charge in [-0.1, -0.05) is 15.9 Å². The third-order valence-corrected chi connectivity index (χ3v) is 3.42. The van der Waals surface area contributed by atoms with Crippen molar-refractivity contribution in [2.24, 2.45) is 0 Å². The molecule has 1 aliphatic heterocycles. The second kappa shape index (κ2) is 4.86. The minimum absolute atomic E-state index is 0.293. The molecule has 1 aliphatic rings. The first-order chi connectivity index (χ1) is 8.83. The molecular weight excluding hydrogens is 296 g/mol. The molecule has 3 rings (SSSR count). The van der Waals surface area contributed by atoms with Crippen LogP contribution in [0, 0.1) is 0 Å². The van der Waals surface area contributed by atoms with Crippen LogP contribution in [0.15, 0.2) is 41.1 Å². The lowest BCUT2D eigenvalue weighted by Crippen LogP contribution is -2.00.